The quantitative estimate of drug-likeness (QED) is 0.601. The Morgan fingerprint density at radius 2 is 1.85 bits per heavy atom. The Morgan fingerprint density at radius 3 is 2.50 bits per heavy atom. The highest BCUT2D eigenvalue weighted by Crippen LogP contribution is 2.21. The molecule has 1 aromatic carbocycles. The molecule has 2 nitrogen and oxygen atoms in total. The van der Waals surface area contributed by atoms with Gasteiger partial charge in [-0.15, -0.1) is 11.8 Å². The van der Waals surface area contributed by atoms with Crippen molar-refractivity contribution in [2.75, 3.05) is 6.54 Å². The monoisotopic (exact) mass is 306 g/mol. The zero-order valence-corrected chi connectivity index (χ0v) is 13.2. The largest absolute Gasteiger partial charge is 0.313 e. The summed E-state index contributed by atoms with van der Waals surface area (Å²) in [6, 6.07) is 12.2. The fraction of sp³-hybridized carbons (Fsp3) is 0.312. The molecule has 1 aromatic heterocycles. The molecule has 0 aliphatic rings. The number of thioether (sulfide) groups is 1. The van der Waals surface area contributed by atoms with Crippen molar-refractivity contribution in [3.05, 3.63) is 58.7 Å². The maximum atomic E-state index is 5.87. The number of nitrogens with one attached hydrogen (secondary N) is 1. The Labute approximate surface area is 130 Å². The van der Waals surface area contributed by atoms with Gasteiger partial charge >= 0.3 is 0 Å². The lowest BCUT2D eigenvalue weighted by Crippen LogP contribution is -2.13. The average molecular weight is 307 g/mol. The van der Waals surface area contributed by atoms with E-state index < -0.39 is 0 Å². The zero-order chi connectivity index (χ0) is 14.2. The van der Waals surface area contributed by atoms with Crippen LogP contribution in [0.2, 0.25) is 5.02 Å². The summed E-state index contributed by atoms with van der Waals surface area (Å²) in [5.41, 5.74) is 2.49. The number of rotatable bonds is 7. The number of benzene rings is 1. The summed E-state index contributed by atoms with van der Waals surface area (Å²) in [7, 11) is 0. The first-order valence-corrected chi connectivity index (χ1v) is 8.17. The molecule has 106 valence electrons. The minimum atomic E-state index is 0.779. The van der Waals surface area contributed by atoms with Gasteiger partial charge in [-0.25, -0.2) is 4.98 Å². The minimum Gasteiger partial charge on any atom is -0.313 e. The highest BCUT2D eigenvalue weighted by molar-refractivity contribution is 7.98. The molecule has 20 heavy (non-hydrogen) atoms. The lowest BCUT2D eigenvalue weighted by molar-refractivity contribution is 0.673. The van der Waals surface area contributed by atoms with E-state index in [4.69, 9.17) is 11.6 Å². The van der Waals surface area contributed by atoms with Gasteiger partial charge in [-0.05, 0) is 42.3 Å². The Kier molecular flexibility index (Phi) is 6.37. The van der Waals surface area contributed by atoms with Crippen molar-refractivity contribution in [3.63, 3.8) is 0 Å². The van der Waals surface area contributed by atoms with E-state index in [2.05, 4.69) is 41.5 Å². The van der Waals surface area contributed by atoms with E-state index in [1.54, 1.807) is 11.8 Å². The third-order valence-corrected chi connectivity index (χ3v) is 4.12. The molecular formula is C16H19ClN2S. The maximum absolute atomic E-state index is 5.87. The van der Waals surface area contributed by atoms with Crippen molar-refractivity contribution < 1.29 is 0 Å². The van der Waals surface area contributed by atoms with E-state index in [1.165, 1.54) is 11.1 Å². The van der Waals surface area contributed by atoms with Crippen LogP contribution in [0.1, 0.15) is 24.5 Å². The molecule has 1 N–H and O–H groups in total. The van der Waals surface area contributed by atoms with Gasteiger partial charge in [-0.3, -0.25) is 0 Å². The number of nitrogens with zero attached hydrogens (tertiary/aromatic N) is 1. The minimum absolute atomic E-state index is 0.779. The lowest BCUT2D eigenvalue weighted by Gasteiger charge is -2.05. The summed E-state index contributed by atoms with van der Waals surface area (Å²) in [4.78, 5) is 4.49. The molecule has 0 saturated carbocycles. The molecular weight excluding hydrogens is 288 g/mol. The predicted molar refractivity (Wildman–Crippen MR) is 87.2 cm³/mol. The standard InChI is InChI=1S/C16H19ClN2S/c1-2-9-18-10-14-5-8-16(19-11-14)20-12-13-3-6-15(17)7-4-13/h3-8,11,18H,2,9-10,12H2,1H3. The van der Waals surface area contributed by atoms with Gasteiger partial charge in [-0.2, -0.15) is 0 Å². The van der Waals surface area contributed by atoms with Gasteiger partial charge < -0.3 is 5.32 Å². The maximum Gasteiger partial charge on any atom is 0.0963 e. The first-order chi connectivity index (χ1) is 9.78. The van der Waals surface area contributed by atoms with Crippen molar-refractivity contribution in [2.24, 2.45) is 0 Å². The Morgan fingerprint density at radius 1 is 1.10 bits per heavy atom. The normalized spacial score (nSPS) is 10.7. The molecule has 0 saturated heterocycles. The molecule has 2 aromatic rings. The Hall–Kier alpha value is -1.03. The second-order valence-corrected chi connectivity index (χ2v) is 6.03. The third-order valence-electron chi connectivity index (χ3n) is 2.85. The number of aromatic nitrogens is 1. The molecule has 2 rings (SSSR count). The van der Waals surface area contributed by atoms with Gasteiger partial charge in [0.1, 0.15) is 0 Å². The molecule has 0 radical (unpaired) electrons. The van der Waals surface area contributed by atoms with Crippen LogP contribution in [-0.4, -0.2) is 11.5 Å². The lowest BCUT2D eigenvalue weighted by atomic mass is 10.2. The smallest absolute Gasteiger partial charge is 0.0963 e. The van der Waals surface area contributed by atoms with Crippen LogP contribution in [0.3, 0.4) is 0 Å². The fourth-order valence-electron chi connectivity index (χ4n) is 1.75. The van der Waals surface area contributed by atoms with E-state index in [1.807, 2.05) is 18.3 Å². The molecule has 0 spiro atoms. The van der Waals surface area contributed by atoms with E-state index in [9.17, 15) is 0 Å². The summed E-state index contributed by atoms with van der Waals surface area (Å²) >= 11 is 7.62. The van der Waals surface area contributed by atoms with Gasteiger partial charge in [0, 0.05) is 23.5 Å². The van der Waals surface area contributed by atoms with Crippen LogP contribution < -0.4 is 5.32 Å². The first-order valence-electron chi connectivity index (χ1n) is 6.81. The second-order valence-electron chi connectivity index (χ2n) is 4.60. The highest BCUT2D eigenvalue weighted by atomic mass is 35.5. The number of hydrogen-bond donors (Lipinski definition) is 1. The Balaban J connectivity index is 1.82. The Bertz CT molecular complexity index is 511. The zero-order valence-electron chi connectivity index (χ0n) is 11.6. The van der Waals surface area contributed by atoms with E-state index in [0.29, 0.717) is 0 Å². The molecule has 0 aliphatic carbocycles. The molecule has 0 amide bonds. The molecule has 0 unspecified atom stereocenters. The number of hydrogen-bond acceptors (Lipinski definition) is 3. The second kappa shape index (κ2) is 8.30. The van der Waals surface area contributed by atoms with Crippen LogP contribution in [0.25, 0.3) is 0 Å². The summed E-state index contributed by atoms with van der Waals surface area (Å²) in [5, 5.41) is 5.21. The van der Waals surface area contributed by atoms with Gasteiger partial charge in [0.15, 0.2) is 0 Å². The van der Waals surface area contributed by atoms with Gasteiger partial charge in [-0.1, -0.05) is 36.7 Å². The number of halogens is 1. The van der Waals surface area contributed by atoms with Crippen LogP contribution in [0.5, 0.6) is 0 Å². The van der Waals surface area contributed by atoms with E-state index in [-0.39, 0.29) is 0 Å². The van der Waals surface area contributed by atoms with Gasteiger partial charge in [0.25, 0.3) is 0 Å². The van der Waals surface area contributed by atoms with Crippen molar-refractivity contribution in [1.82, 2.24) is 10.3 Å². The summed E-state index contributed by atoms with van der Waals surface area (Å²) in [5.74, 6) is 0.914. The summed E-state index contributed by atoms with van der Waals surface area (Å²) in [6.45, 7) is 4.11. The van der Waals surface area contributed by atoms with Gasteiger partial charge in [0.2, 0.25) is 0 Å². The van der Waals surface area contributed by atoms with E-state index in [0.717, 1.165) is 35.3 Å². The predicted octanol–water partition coefficient (Wildman–Crippen LogP) is 4.53. The molecule has 0 bridgehead atoms. The SMILES string of the molecule is CCCNCc1ccc(SCc2ccc(Cl)cc2)nc1. The summed E-state index contributed by atoms with van der Waals surface area (Å²) < 4.78 is 0. The van der Waals surface area contributed by atoms with Crippen molar-refractivity contribution in [2.45, 2.75) is 30.7 Å². The average Bonchev–Trinajstić information content (AvgIpc) is 2.48. The van der Waals surface area contributed by atoms with Crippen molar-refractivity contribution >= 4 is 23.4 Å². The first kappa shape index (κ1) is 15.4. The molecule has 0 atom stereocenters. The topological polar surface area (TPSA) is 24.9 Å². The van der Waals surface area contributed by atoms with Crippen molar-refractivity contribution in [3.8, 4) is 0 Å². The van der Waals surface area contributed by atoms with Crippen LogP contribution in [-0.2, 0) is 12.3 Å². The van der Waals surface area contributed by atoms with Crippen LogP contribution in [0.15, 0.2) is 47.6 Å². The number of pyridine rings is 1. The summed E-state index contributed by atoms with van der Waals surface area (Å²) in [6.07, 6.45) is 3.11. The van der Waals surface area contributed by atoms with Gasteiger partial charge in [0.05, 0.1) is 5.03 Å². The van der Waals surface area contributed by atoms with Crippen LogP contribution in [0.4, 0.5) is 0 Å². The fourth-order valence-corrected chi connectivity index (χ4v) is 2.67. The molecule has 1 heterocycles. The highest BCUT2D eigenvalue weighted by Gasteiger charge is 1.99. The third kappa shape index (κ3) is 5.16. The molecule has 0 aliphatic heterocycles. The van der Waals surface area contributed by atoms with Crippen molar-refractivity contribution in [1.29, 1.82) is 0 Å². The molecule has 4 heteroatoms. The van der Waals surface area contributed by atoms with E-state index >= 15 is 0 Å². The molecule has 0 fully saturated rings. The van der Waals surface area contributed by atoms with Crippen LogP contribution in [0, 0.1) is 0 Å². The van der Waals surface area contributed by atoms with Crippen LogP contribution >= 0.6 is 23.4 Å².